The first kappa shape index (κ1) is 25.6. The van der Waals surface area contributed by atoms with Crippen molar-refractivity contribution < 1.29 is 23.6 Å². The van der Waals surface area contributed by atoms with Gasteiger partial charge in [0.15, 0.2) is 11.5 Å². The molecule has 1 N–H and O–H groups in total. The molecule has 0 atom stereocenters. The first-order valence-corrected chi connectivity index (χ1v) is 10.7. The number of non-ortho nitro benzene ring substituents is 1. The molecule has 36 heavy (non-hydrogen) atoms. The number of nitro groups is 1. The lowest BCUT2D eigenvalue weighted by Crippen LogP contribution is -2.14. The summed E-state index contributed by atoms with van der Waals surface area (Å²) in [6.07, 6.45) is 3.39. The number of rotatable bonds is 10. The molecule has 0 aliphatic rings. The molecule has 3 rings (SSSR count). The fourth-order valence-corrected chi connectivity index (χ4v) is 3.37. The number of nitro benzene ring substituents is 1. The average molecular weight is 487 g/mol. The van der Waals surface area contributed by atoms with E-state index >= 15 is 0 Å². The van der Waals surface area contributed by atoms with E-state index in [4.69, 9.17) is 9.47 Å². The minimum atomic E-state index is -0.766. The van der Waals surface area contributed by atoms with E-state index in [-0.39, 0.29) is 23.6 Å². The zero-order valence-corrected chi connectivity index (χ0v) is 19.4. The predicted molar refractivity (Wildman–Crippen MR) is 133 cm³/mol. The number of anilines is 1. The van der Waals surface area contributed by atoms with Crippen LogP contribution in [0, 0.1) is 27.3 Å². The van der Waals surface area contributed by atoms with Crippen molar-refractivity contribution >= 4 is 23.4 Å². The van der Waals surface area contributed by atoms with Gasteiger partial charge in [0, 0.05) is 17.7 Å². The minimum Gasteiger partial charge on any atom is -0.493 e. The van der Waals surface area contributed by atoms with Crippen molar-refractivity contribution in [1.82, 2.24) is 0 Å². The van der Waals surface area contributed by atoms with Crippen LogP contribution < -0.4 is 14.8 Å². The number of carbonyl (C=O) groups excluding carboxylic acids is 1. The molecule has 0 spiro atoms. The maximum atomic E-state index is 13.9. The molecule has 8 nitrogen and oxygen atoms in total. The average Bonchev–Trinajstić information content (AvgIpc) is 2.87. The largest absolute Gasteiger partial charge is 0.493 e. The second-order valence-corrected chi connectivity index (χ2v) is 7.52. The zero-order chi connectivity index (χ0) is 26.1. The predicted octanol–water partition coefficient (Wildman–Crippen LogP) is 5.60. The third-order valence-electron chi connectivity index (χ3n) is 5.04. The van der Waals surface area contributed by atoms with Gasteiger partial charge in [-0.15, -0.1) is 6.58 Å². The summed E-state index contributed by atoms with van der Waals surface area (Å²) < 4.78 is 25.3. The number of carbonyl (C=O) groups is 1. The summed E-state index contributed by atoms with van der Waals surface area (Å²) in [4.78, 5) is 23.1. The molecule has 3 aromatic carbocycles. The van der Waals surface area contributed by atoms with E-state index in [1.54, 1.807) is 36.4 Å². The topological polar surface area (TPSA) is 114 Å². The molecular formula is C27H22FN3O5. The molecule has 0 aliphatic heterocycles. The number of benzene rings is 3. The van der Waals surface area contributed by atoms with Crippen LogP contribution in [0.2, 0.25) is 0 Å². The summed E-state index contributed by atoms with van der Waals surface area (Å²) in [6, 6.07) is 16.9. The second-order valence-electron chi connectivity index (χ2n) is 7.52. The molecule has 0 fully saturated rings. The van der Waals surface area contributed by atoms with Crippen molar-refractivity contribution in [3.8, 4) is 17.6 Å². The Morgan fingerprint density at radius 3 is 2.67 bits per heavy atom. The van der Waals surface area contributed by atoms with Crippen molar-refractivity contribution in [3.63, 3.8) is 0 Å². The van der Waals surface area contributed by atoms with Crippen molar-refractivity contribution in [3.05, 3.63) is 112 Å². The summed E-state index contributed by atoms with van der Waals surface area (Å²) in [5.41, 5.74) is 1.40. The molecule has 0 saturated carbocycles. The number of halogens is 1. The van der Waals surface area contributed by atoms with Gasteiger partial charge in [-0.3, -0.25) is 14.9 Å². The molecule has 0 aromatic heterocycles. The van der Waals surface area contributed by atoms with Crippen LogP contribution in [0.4, 0.5) is 15.8 Å². The fourth-order valence-electron chi connectivity index (χ4n) is 3.37. The molecule has 0 heterocycles. The Morgan fingerprint density at radius 1 is 1.22 bits per heavy atom. The van der Waals surface area contributed by atoms with E-state index in [2.05, 4.69) is 11.9 Å². The van der Waals surface area contributed by atoms with E-state index < -0.39 is 16.6 Å². The van der Waals surface area contributed by atoms with E-state index in [1.165, 1.54) is 43.5 Å². The van der Waals surface area contributed by atoms with Crippen LogP contribution in [0.15, 0.2) is 78.9 Å². The first-order chi connectivity index (χ1) is 17.4. The highest BCUT2D eigenvalue weighted by molar-refractivity contribution is 6.09. The zero-order valence-electron chi connectivity index (χ0n) is 19.4. The third kappa shape index (κ3) is 6.33. The molecule has 0 aliphatic carbocycles. The maximum absolute atomic E-state index is 13.9. The van der Waals surface area contributed by atoms with E-state index in [0.717, 1.165) is 0 Å². The van der Waals surface area contributed by atoms with Gasteiger partial charge in [-0.05, 0) is 47.9 Å². The van der Waals surface area contributed by atoms with Crippen LogP contribution in [0.1, 0.15) is 16.7 Å². The number of nitrogens with one attached hydrogen (secondary N) is 1. The SMILES string of the molecule is C=CCc1cc(/C=C(/C#N)C(=O)Nc2ccccc2F)cc(OC)c1OCc1cccc([N+](=O)[O-])c1. The monoisotopic (exact) mass is 487 g/mol. The van der Waals surface area contributed by atoms with Gasteiger partial charge in [0.25, 0.3) is 11.6 Å². The summed E-state index contributed by atoms with van der Waals surface area (Å²) in [5, 5.41) is 23.0. The smallest absolute Gasteiger partial charge is 0.269 e. The number of hydrogen-bond donors (Lipinski definition) is 1. The number of amides is 1. The number of nitrogens with zero attached hydrogens (tertiary/aromatic N) is 2. The number of allylic oxidation sites excluding steroid dienone is 1. The number of para-hydroxylation sites is 1. The molecule has 0 saturated heterocycles. The molecule has 182 valence electrons. The number of ether oxygens (including phenoxy) is 2. The van der Waals surface area contributed by atoms with Gasteiger partial charge in [0.05, 0.1) is 17.7 Å². The molecule has 0 radical (unpaired) electrons. The van der Waals surface area contributed by atoms with Crippen molar-refractivity contribution in [2.24, 2.45) is 0 Å². The second kappa shape index (κ2) is 11.9. The van der Waals surface area contributed by atoms with Gasteiger partial charge in [-0.25, -0.2) is 4.39 Å². The molecular weight excluding hydrogens is 465 g/mol. The van der Waals surface area contributed by atoms with Gasteiger partial charge in [0.2, 0.25) is 0 Å². The Hall–Kier alpha value is -4.97. The lowest BCUT2D eigenvalue weighted by Gasteiger charge is -2.16. The van der Waals surface area contributed by atoms with Gasteiger partial charge >= 0.3 is 0 Å². The van der Waals surface area contributed by atoms with Crippen LogP contribution in [0.5, 0.6) is 11.5 Å². The lowest BCUT2D eigenvalue weighted by molar-refractivity contribution is -0.384. The quantitative estimate of drug-likeness (QED) is 0.131. The highest BCUT2D eigenvalue weighted by Gasteiger charge is 2.16. The Balaban J connectivity index is 1.91. The number of nitriles is 1. The Kier molecular flexibility index (Phi) is 8.51. The molecule has 9 heteroatoms. The lowest BCUT2D eigenvalue weighted by atomic mass is 10.0. The standard InChI is InChI=1S/C27H22FN3O5/c1-3-7-20-12-19(13-21(16-29)27(32)30-24-11-5-4-10-23(24)28)15-25(35-2)26(20)36-17-18-8-6-9-22(14-18)31(33)34/h3-6,8-15H,1,7,17H2,2H3,(H,30,32)/b21-13-. The molecule has 3 aromatic rings. The van der Waals surface area contributed by atoms with Gasteiger partial charge in [0.1, 0.15) is 24.1 Å². The van der Waals surface area contributed by atoms with Crippen LogP contribution in [0.25, 0.3) is 6.08 Å². The molecule has 0 bridgehead atoms. The van der Waals surface area contributed by atoms with Crippen LogP contribution in [0.3, 0.4) is 0 Å². The minimum absolute atomic E-state index is 0.0431. The maximum Gasteiger partial charge on any atom is 0.269 e. The van der Waals surface area contributed by atoms with Crippen molar-refractivity contribution in [2.45, 2.75) is 13.0 Å². The highest BCUT2D eigenvalue weighted by Crippen LogP contribution is 2.35. The van der Waals surface area contributed by atoms with Crippen LogP contribution >= 0.6 is 0 Å². The fraction of sp³-hybridized carbons (Fsp3) is 0.111. The summed E-state index contributed by atoms with van der Waals surface area (Å²) in [7, 11) is 1.44. The van der Waals surface area contributed by atoms with E-state index in [0.29, 0.717) is 34.6 Å². The third-order valence-corrected chi connectivity index (χ3v) is 5.04. The van der Waals surface area contributed by atoms with Crippen molar-refractivity contribution in [2.75, 3.05) is 12.4 Å². The van der Waals surface area contributed by atoms with Crippen LogP contribution in [-0.2, 0) is 17.8 Å². The highest BCUT2D eigenvalue weighted by atomic mass is 19.1. The first-order valence-electron chi connectivity index (χ1n) is 10.7. The summed E-state index contributed by atoms with van der Waals surface area (Å²) in [6.45, 7) is 3.80. The summed E-state index contributed by atoms with van der Waals surface area (Å²) >= 11 is 0. The van der Waals surface area contributed by atoms with Crippen molar-refractivity contribution in [1.29, 1.82) is 5.26 Å². The number of hydrogen-bond acceptors (Lipinski definition) is 6. The van der Waals surface area contributed by atoms with Gasteiger partial charge in [-0.1, -0.05) is 30.3 Å². The van der Waals surface area contributed by atoms with Gasteiger partial charge in [-0.2, -0.15) is 5.26 Å². The Bertz CT molecular complexity index is 1380. The summed E-state index contributed by atoms with van der Waals surface area (Å²) in [5.74, 6) is -0.658. The van der Waals surface area contributed by atoms with E-state index in [1.807, 2.05) is 6.07 Å². The Morgan fingerprint density at radius 2 is 2.00 bits per heavy atom. The molecule has 0 unspecified atom stereocenters. The van der Waals surface area contributed by atoms with E-state index in [9.17, 15) is 24.6 Å². The van der Waals surface area contributed by atoms with Crippen LogP contribution in [-0.4, -0.2) is 17.9 Å². The molecule has 1 amide bonds. The Labute approximate surface area is 207 Å². The normalized spacial score (nSPS) is 10.8. The van der Waals surface area contributed by atoms with Gasteiger partial charge < -0.3 is 14.8 Å². The number of methoxy groups -OCH3 is 1.